The number of carbonyl (C=O) groups excluding carboxylic acids is 1. The topological polar surface area (TPSA) is 49.8 Å². The first-order valence-corrected chi connectivity index (χ1v) is 8.88. The maximum absolute atomic E-state index is 12.9. The highest BCUT2D eigenvalue weighted by atomic mass is 16.6. The van der Waals surface area contributed by atoms with Gasteiger partial charge in [-0.25, -0.2) is 0 Å². The molecule has 0 aromatic rings. The quantitative estimate of drug-likeness (QED) is 0.757. The molecule has 6 atom stereocenters. The summed E-state index contributed by atoms with van der Waals surface area (Å²) in [7, 11) is 0. The largest absolute Gasteiger partial charge is 0.389 e. The number of ether oxygens (including phenoxy) is 1. The molecule has 3 nitrogen and oxygen atoms in total. The van der Waals surface area contributed by atoms with Crippen LogP contribution in [0, 0.1) is 23.2 Å². The molecule has 3 heteroatoms. The molecule has 1 N–H and O–H groups in total. The lowest BCUT2D eigenvalue weighted by Crippen LogP contribution is -2.58. The molecule has 1 aliphatic heterocycles. The van der Waals surface area contributed by atoms with E-state index in [1.807, 2.05) is 13.0 Å². The van der Waals surface area contributed by atoms with Gasteiger partial charge in [0.1, 0.15) is 11.7 Å². The zero-order valence-electron chi connectivity index (χ0n) is 14.2. The zero-order chi connectivity index (χ0) is 15.9. The van der Waals surface area contributed by atoms with Gasteiger partial charge >= 0.3 is 0 Å². The smallest absolute Gasteiger partial charge is 0.162 e. The Morgan fingerprint density at radius 1 is 1.27 bits per heavy atom. The number of hydrogen-bond acceptors (Lipinski definition) is 3. The summed E-state index contributed by atoms with van der Waals surface area (Å²) in [6.07, 6.45) is 6.99. The van der Waals surface area contributed by atoms with E-state index >= 15 is 0 Å². The first kappa shape index (κ1) is 14.9. The third kappa shape index (κ3) is 1.67. The highest BCUT2D eigenvalue weighted by molar-refractivity contribution is 5.95. The van der Waals surface area contributed by atoms with E-state index in [-0.39, 0.29) is 28.8 Å². The number of hydrogen-bond donors (Lipinski definition) is 1. The van der Waals surface area contributed by atoms with Crippen molar-refractivity contribution >= 4 is 5.78 Å². The first-order chi connectivity index (χ1) is 10.2. The van der Waals surface area contributed by atoms with Gasteiger partial charge < -0.3 is 9.84 Å². The average Bonchev–Trinajstić information content (AvgIpc) is 3.13. The number of allylic oxidation sites excluding steroid dienone is 1. The van der Waals surface area contributed by atoms with Crippen LogP contribution in [0.15, 0.2) is 11.6 Å². The molecule has 3 aliphatic carbocycles. The molecule has 0 bridgehead atoms. The molecule has 22 heavy (non-hydrogen) atoms. The Balaban J connectivity index is 1.76. The average molecular weight is 304 g/mol. The van der Waals surface area contributed by atoms with Crippen molar-refractivity contribution in [1.82, 2.24) is 0 Å². The van der Waals surface area contributed by atoms with Crippen molar-refractivity contribution in [3.05, 3.63) is 11.6 Å². The van der Waals surface area contributed by atoms with Crippen LogP contribution >= 0.6 is 0 Å². The molecule has 0 radical (unpaired) electrons. The van der Waals surface area contributed by atoms with Crippen LogP contribution in [-0.4, -0.2) is 28.2 Å². The lowest BCUT2D eigenvalue weighted by Gasteiger charge is -2.55. The van der Waals surface area contributed by atoms with E-state index in [0.717, 1.165) is 32.1 Å². The van der Waals surface area contributed by atoms with E-state index in [9.17, 15) is 9.90 Å². The van der Waals surface area contributed by atoms with Crippen molar-refractivity contribution in [3.8, 4) is 0 Å². The van der Waals surface area contributed by atoms with Gasteiger partial charge in [-0.2, -0.15) is 0 Å². The van der Waals surface area contributed by atoms with Gasteiger partial charge in [-0.1, -0.05) is 20.8 Å². The van der Waals surface area contributed by atoms with Crippen LogP contribution in [-0.2, 0) is 9.53 Å². The number of epoxide rings is 1. The molecule has 4 aliphatic rings. The molecule has 0 amide bonds. The van der Waals surface area contributed by atoms with Gasteiger partial charge in [0, 0.05) is 0 Å². The van der Waals surface area contributed by atoms with Crippen molar-refractivity contribution in [3.63, 3.8) is 0 Å². The van der Waals surface area contributed by atoms with Crippen LogP contribution in [0.2, 0.25) is 0 Å². The lowest BCUT2D eigenvalue weighted by atomic mass is 9.48. The third-order valence-corrected chi connectivity index (χ3v) is 7.30. The summed E-state index contributed by atoms with van der Waals surface area (Å²) < 4.78 is 6.14. The second-order valence-corrected chi connectivity index (χ2v) is 8.90. The van der Waals surface area contributed by atoms with Crippen LogP contribution in [0.4, 0.5) is 0 Å². The molecule has 1 heterocycles. The second-order valence-electron chi connectivity index (χ2n) is 8.90. The van der Waals surface area contributed by atoms with Gasteiger partial charge in [-0.05, 0) is 67.9 Å². The van der Waals surface area contributed by atoms with E-state index in [2.05, 4.69) is 20.8 Å². The molecule has 0 unspecified atom stereocenters. The fraction of sp³-hybridized carbons (Fsp3) is 0.842. The van der Waals surface area contributed by atoms with E-state index < -0.39 is 5.60 Å². The molecule has 1 saturated heterocycles. The summed E-state index contributed by atoms with van der Waals surface area (Å²) in [5.74, 6) is 0.789. The van der Waals surface area contributed by atoms with Crippen molar-refractivity contribution in [2.45, 2.75) is 77.1 Å². The standard InChI is InChI=1S/C19H28O3/c1-11(2)19-9-6-13-12(16(19)22-19)10-14(20)15-17(13,3)7-5-8-18(15,4)21/h10-11,13,15-16,21H,5-9H2,1-4H3/t13-,15+,16-,17+,18-,19-/m0/s1. The summed E-state index contributed by atoms with van der Waals surface area (Å²) in [4.78, 5) is 12.9. The molecule has 2 saturated carbocycles. The molecule has 0 aromatic heterocycles. The van der Waals surface area contributed by atoms with Crippen LogP contribution in [0.3, 0.4) is 0 Å². The molecule has 3 fully saturated rings. The molecule has 0 spiro atoms. The predicted molar refractivity (Wildman–Crippen MR) is 84.3 cm³/mol. The maximum Gasteiger partial charge on any atom is 0.162 e. The molecular weight excluding hydrogens is 276 g/mol. The normalized spacial score (nSPS) is 53.5. The number of carbonyl (C=O) groups is 1. The first-order valence-electron chi connectivity index (χ1n) is 8.88. The summed E-state index contributed by atoms with van der Waals surface area (Å²) >= 11 is 0. The highest BCUT2D eigenvalue weighted by Crippen LogP contribution is 2.65. The summed E-state index contributed by atoms with van der Waals surface area (Å²) in [6, 6.07) is 0. The molecular formula is C19H28O3. The van der Waals surface area contributed by atoms with Gasteiger partial charge in [-0.3, -0.25) is 4.79 Å². The number of rotatable bonds is 1. The second kappa shape index (κ2) is 4.24. The number of ketones is 1. The SMILES string of the molecule is CC(C)[C@@]12CC[C@H]3C(=CC(=O)[C@@H]4[C@]3(C)CCC[C@]4(C)O)[C@@H]1O2. The van der Waals surface area contributed by atoms with Crippen LogP contribution < -0.4 is 0 Å². The molecule has 122 valence electrons. The fourth-order valence-corrected chi connectivity index (χ4v) is 6.14. The Morgan fingerprint density at radius 3 is 2.68 bits per heavy atom. The predicted octanol–water partition coefficient (Wildman–Crippen LogP) is 3.26. The number of aliphatic hydroxyl groups is 1. The minimum Gasteiger partial charge on any atom is -0.389 e. The molecule has 4 rings (SSSR count). The van der Waals surface area contributed by atoms with Crippen molar-refractivity contribution < 1.29 is 14.6 Å². The van der Waals surface area contributed by atoms with Gasteiger partial charge in [-0.15, -0.1) is 0 Å². The van der Waals surface area contributed by atoms with Crippen molar-refractivity contribution in [2.75, 3.05) is 0 Å². The minimum absolute atomic E-state index is 0.0109. The lowest BCUT2D eigenvalue weighted by molar-refractivity contribution is -0.152. The molecule has 0 aromatic carbocycles. The van der Waals surface area contributed by atoms with Crippen LogP contribution in [0.1, 0.15) is 59.8 Å². The maximum atomic E-state index is 12.9. The van der Waals surface area contributed by atoms with E-state index in [0.29, 0.717) is 11.8 Å². The zero-order valence-corrected chi connectivity index (χ0v) is 14.2. The van der Waals surface area contributed by atoms with Gasteiger partial charge in [0.2, 0.25) is 0 Å². The monoisotopic (exact) mass is 304 g/mol. The summed E-state index contributed by atoms with van der Waals surface area (Å²) in [6.45, 7) is 8.55. The Morgan fingerprint density at radius 2 is 2.00 bits per heavy atom. The van der Waals surface area contributed by atoms with Crippen molar-refractivity contribution in [1.29, 1.82) is 0 Å². The van der Waals surface area contributed by atoms with Gasteiger partial charge in [0.25, 0.3) is 0 Å². The van der Waals surface area contributed by atoms with Gasteiger partial charge in [0.15, 0.2) is 5.78 Å². The van der Waals surface area contributed by atoms with Crippen LogP contribution in [0.25, 0.3) is 0 Å². The van der Waals surface area contributed by atoms with E-state index in [1.54, 1.807) is 0 Å². The van der Waals surface area contributed by atoms with E-state index in [1.165, 1.54) is 5.57 Å². The third-order valence-electron chi connectivity index (χ3n) is 7.30. The highest BCUT2D eigenvalue weighted by Gasteiger charge is 2.68. The Labute approximate surface area is 133 Å². The Hall–Kier alpha value is -0.670. The minimum atomic E-state index is -0.858. The van der Waals surface area contributed by atoms with E-state index in [4.69, 9.17) is 4.74 Å². The van der Waals surface area contributed by atoms with Crippen LogP contribution in [0.5, 0.6) is 0 Å². The fourth-order valence-electron chi connectivity index (χ4n) is 6.14. The Bertz CT molecular complexity index is 561. The summed E-state index contributed by atoms with van der Waals surface area (Å²) in [5, 5.41) is 10.8. The van der Waals surface area contributed by atoms with Crippen molar-refractivity contribution in [2.24, 2.45) is 23.2 Å². The van der Waals surface area contributed by atoms with Gasteiger partial charge in [0.05, 0.1) is 11.5 Å². The Kier molecular flexibility index (Phi) is 2.87. The summed E-state index contributed by atoms with van der Waals surface area (Å²) in [5.41, 5.74) is 0.269. The number of fused-ring (bicyclic) bond motifs is 5.